The molecule has 2 rings (SSSR count). The lowest BCUT2D eigenvalue weighted by Crippen LogP contribution is -2.15. The number of carbonyl (C=O) groups excluding carboxylic acids is 1. The molecule has 0 unspecified atom stereocenters. The van der Waals surface area contributed by atoms with Gasteiger partial charge in [0, 0.05) is 12.5 Å². The Hall–Kier alpha value is -2.42. The van der Waals surface area contributed by atoms with Crippen molar-refractivity contribution in [1.82, 2.24) is 15.2 Å². The summed E-state index contributed by atoms with van der Waals surface area (Å²) in [5, 5.41) is 20.7. The average Bonchev–Trinajstić information content (AvgIpc) is 2.95. The first-order chi connectivity index (χ1) is 10.5. The molecule has 0 aliphatic heterocycles. The van der Waals surface area contributed by atoms with Crippen LogP contribution in [0.3, 0.4) is 0 Å². The molecule has 0 radical (unpaired) electrons. The van der Waals surface area contributed by atoms with E-state index in [1.165, 1.54) is 23.9 Å². The third kappa shape index (κ3) is 4.04. The zero-order valence-corrected chi connectivity index (χ0v) is 12.9. The molecule has 0 aliphatic rings. The Labute approximate surface area is 130 Å². The van der Waals surface area contributed by atoms with Crippen LogP contribution >= 0.6 is 11.8 Å². The Morgan fingerprint density at radius 3 is 2.91 bits per heavy atom. The number of nitro benzene ring substituents is 1. The van der Waals surface area contributed by atoms with Gasteiger partial charge in [-0.25, -0.2) is 4.98 Å². The highest BCUT2D eigenvalue weighted by atomic mass is 32.2. The highest BCUT2D eigenvalue weighted by molar-refractivity contribution is 7.99. The first kappa shape index (κ1) is 16.0. The number of aromatic amines is 1. The number of rotatable bonds is 6. The fourth-order valence-corrected chi connectivity index (χ4v) is 2.33. The van der Waals surface area contributed by atoms with Crippen molar-refractivity contribution in [3.05, 3.63) is 39.7 Å². The number of H-pyrrole nitrogens is 1. The van der Waals surface area contributed by atoms with Gasteiger partial charge in [0.25, 0.3) is 5.69 Å². The number of thioether (sulfide) groups is 1. The van der Waals surface area contributed by atoms with Crippen LogP contribution in [0, 0.1) is 17.0 Å². The van der Waals surface area contributed by atoms with Gasteiger partial charge in [-0.15, -0.1) is 5.10 Å². The molecule has 2 aromatic rings. The second-order valence-corrected chi connectivity index (χ2v) is 5.48. The maximum Gasteiger partial charge on any atom is 0.293 e. The summed E-state index contributed by atoms with van der Waals surface area (Å²) in [6.07, 6.45) is 0.731. The first-order valence-corrected chi connectivity index (χ1v) is 7.57. The summed E-state index contributed by atoms with van der Waals surface area (Å²) >= 11 is 1.17. The molecule has 0 saturated heterocycles. The average molecular weight is 321 g/mol. The van der Waals surface area contributed by atoms with E-state index in [0.29, 0.717) is 5.16 Å². The maximum atomic E-state index is 11.9. The number of hydrogen-bond acceptors (Lipinski definition) is 6. The van der Waals surface area contributed by atoms with Gasteiger partial charge in [-0.2, -0.15) is 0 Å². The molecule has 22 heavy (non-hydrogen) atoms. The van der Waals surface area contributed by atoms with Crippen LogP contribution in [-0.2, 0) is 11.2 Å². The van der Waals surface area contributed by atoms with E-state index in [4.69, 9.17) is 0 Å². The summed E-state index contributed by atoms with van der Waals surface area (Å²) in [6.45, 7) is 3.70. The lowest BCUT2D eigenvalue weighted by molar-refractivity contribution is -0.384. The number of anilines is 1. The van der Waals surface area contributed by atoms with E-state index in [9.17, 15) is 14.9 Å². The van der Waals surface area contributed by atoms with E-state index < -0.39 is 4.92 Å². The maximum absolute atomic E-state index is 11.9. The van der Waals surface area contributed by atoms with Gasteiger partial charge in [-0.3, -0.25) is 20.0 Å². The molecule has 1 aromatic heterocycles. The fraction of sp³-hybridized carbons (Fsp3) is 0.308. The summed E-state index contributed by atoms with van der Waals surface area (Å²) in [6, 6.07) is 4.65. The van der Waals surface area contributed by atoms with Gasteiger partial charge in [0.1, 0.15) is 11.5 Å². The Bertz CT molecular complexity index is 701. The number of nitrogens with one attached hydrogen (secondary N) is 2. The Kier molecular flexibility index (Phi) is 5.10. The summed E-state index contributed by atoms with van der Waals surface area (Å²) in [4.78, 5) is 26.6. The molecule has 1 amide bonds. The molecular weight excluding hydrogens is 306 g/mol. The lowest BCUT2D eigenvalue weighted by Gasteiger charge is -2.05. The van der Waals surface area contributed by atoms with Crippen LogP contribution < -0.4 is 5.32 Å². The van der Waals surface area contributed by atoms with Gasteiger partial charge >= 0.3 is 0 Å². The standard InChI is InChI=1S/C13H15N5O3S/c1-3-11-15-13(17-16-11)22-7-12(19)14-9-5-4-8(2)6-10(9)18(20)21/h4-6H,3,7H2,1-2H3,(H,14,19)(H,15,16,17). The Morgan fingerprint density at radius 2 is 2.27 bits per heavy atom. The number of aromatic nitrogens is 3. The second-order valence-electron chi connectivity index (χ2n) is 4.53. The monoisotopic (exact) mass is 321 g/mol. The molecule has 0 saturated carbocycles. The van der Waals surface area contributed by atoms with E-state index in [1.807, 2.05) is 6.92 Å². The van der Waals surface area contributed by atoms with Gasteiger partial charge in [-0.1, -0.05) is 24.8 Å². The van der Waals surface area contributed by atoms with E-state index in [0.717, 1.165) is 17.8 Å². The van der Waals surface area contributed by atoms with Crippen molar-refractivity contribution in [3.8, 4) is 0 Å². The molecule has 116 valence electrons. The van der Waals surface area contributed by atoms with Crippen molar-refractivity contribution in [2.75, 3.05) is 11.1 Å². The molecule has 0 bridgehead atoms. The molecule has 2 N–H and O–H groups in total. The number of amides is 1. The van der Waals surface area contributed by atoms with Crippen LogP contribution in [0.4, 0.5) is 11.4 Å². The van der Waals surface area contributed by atoms with Crippen LogP contribution in [0.1, 0.15) is 18.3 Å². The quantitative estimate of drug-likeness (QED) is 0.479. The van der Waals surface area contributed by atoms with Crippen LogP contribution in [0.2, 0.25) is 0 Å². The van der Waals surface area contributed by atoms with Crippen LogP contribution in [0.15, 0.2) is 23.4 Å². The summed E-state index contributed by atoms with van der Waals surface area (Å²) < 4.78 is 0. The van der Waals surface area contributed by atoms with Crippen molar-refractivity contribution < 1.29 is 9.72 Å². The molecule has 0 atom stereocenters. The largest absolute Gasteiger partial charge is 0.320 e. The van der Waals surface area contributed by atoms with E-state index in [2.05, 4.69) is 20.5 Å². The molecule has 0 aliphatic carbocycles. The van der Waals surface area contributed by atoms with Crippen molar-refractivity contribution in [2.24, 2.45) is 0 Å². The van der Waals surface area contributed by atoms with Crippen LogP contribution in [0.5, 0.6) is 0 Å². The molecule has 0 fully saturated rings. The number of carbonyl (C=O) groups is 1. The zero-order chi connectivity index (χ0) is 16.1. The predicted octanol–water partition coefficient (Wildman–Crippen LogP) is 2.31. The molecule has 0 spiro atoms. The molecule has 9 heteroatoms. The third-order valence-corrected chi connectivity index (χ3v) is 3.65. The van der Waals surface area contributed by atoms with Gasteiger partial charge in [0.2, 0.25) is 11.1 Å². The predicted molar refractivity (Wildman–Crippen MR) is 82.9 cm³/mol. The number of nitro groups is 1. The third-order valence-electron chi connectivity index (χ3n) is 2.80. The SMILES string of the molecule is CCc1nc(SCC(=O)Nc2ccc(C)cc2[N+](=O)[O-])n[nH]1. The lowest BCUT2D eigenvalue weighted by atomic mass is 10.2. The van der Waals surface area contributed by atoms with E-state index >= 15 is 0 Å². The van der Waals surface area contributed by atoms with Crippen molar-refractivity contribution in [3.63, 3.8) is 0 Å². The minimum absolute atomic E-state index is 0.0754. The molecule has 8 nitrogen and oxygen atoms in total. The van der Waals surface area contributed by atoms with Gasteiger partial charge in [0.15, 0.2) is 0 Å². The van der Waals surface area contributed by atoms with Gasteiger partial charge < -0.3 is 5.32 Å². The fourth-order valence-electron chi connectivity index (χ4n) is 1.72. The van der Waals surface area contributed by atoms with Gasteiger partial charge in [0.05, 0.1) is 10.7 Å². The van der Waals surface area contributed by atoms with Crippen LogP contribution in [-0.4, -0.2) is 31.8 Å². The van der Waals surface area contributed by atoms with Crippen molar-refractivity contribution in [2.45, 2.75) is 25.4 Å². The smallest absolute Gasteiger partial charge is 0.293 e. The minimum atomic E-state index is -0.515. The zero-order valence-electron chi connectivity index (χ0n) is 12.1. The van der Waals surface area contributed by atoms with E-state index in [1.54, 1.807) is 13.0 Å². The second kappa shape index (κ2) is 7.03. The highest BCUT2D eigenvalue weighted by Crippen LogP contribution is 2.25. The number of hydrogen-bond donors (Lipinski definition) is 2. The summed E-state index contributed by atoms with van der Waals surface area (Å²) in [7, 11) is 0. The first-order valence-electron chi connectivity index (χ1n) is 6.58. The Morgan fingerprint density at radius 1 is 1.50 bits per heavy atom. The van der Waals surface area contributed by atoms with E-state index in [-0.39, 0.29) is 23.0 Å². The summed E-state index contributed by atoms with van der Waals surface area (Å²) in [5.74, 6) is 0.475. The minimum Gasteiger partial charge on any atom is -0.320 e. The van der Waals surface area contributed by atoms with Gasteiger partial charge in [-0.05, 0) is 18.6 Å². The normalized spacial score (nSPS) is 10.5. The number of benzene rings is 1. The summed E-state index contributed by atoms with van der Waals surface area (Å²) in [5.41, 5.74) is 0.821. The number of aryl methyl sites for hydroxylation is 2. The van der Waals surface area contributed by atoms with Crippen molar-refractivity contribution in [1.29, 1.82) is 0 Å². The van der Waals surface area contributed by atoms with Crippen LogP contribution in [0.25, 0.3) is 0 Å². The topological polar surface area (TPSA) is 114 Å². The number of nitrogens with zero attached hydrogens (tertiary/aromatic N) is 3. The van der Waals surface area contributed by atoms with Crippen molar-refractivity contribution >= 4 is 29.0 Å². The molecular formula is C13H15N5O3S. The molecule has 1 aromatic carbocycles. The Balaban J connectivity index is 1.98. The highest BCUT2D eigenvalue weighted by Gasteiger charge is 2.16. The molecule has 1 heterocycles.